The molecule has 0 aliphatic carbocycles. The van der Waals surface area contributed by atoms with E-state index in [0.29, 0.717) is 5.69 Å². The Labute approximate surface area is 58.2 Å². The number of hydrogen-bond acceptors (Lipinski definition) is 3. The van der Waals surface area contributed by atoms with Crippen molar-refractivity contribution >= 4 is 5.91 Å². The molecular formula is C6H8N2O2. The zero-order chi connectivity index (χ0) is 7.40. The van der Waals surface area contributed by atoms with Crippen LogP contribution in [0.4, 0.5) is 0 Å². The Balaban J connectivity index is 2.48. The normalized spacial score (nSPS) is 9.30. The van der Waals surface area contributed by atoms with Crippen LogP contribution in [0.5, 0.6) is 0 Å². The second-order valence-electron chi connectivity index (χ2n) is 1.84. The lowest BCUT2D eigenvalue weighted by Crippen LogP contribution is -2.19. The smallest absolute Gasteiger partial charge is 0.225 e. The fourth-order valence-electron chi connectivity index (χ4n) is 0.582. The van der Waals surface area contributed by atoms with E-state index in [-0.39, 0.29) is 12.3 Å². The first-order valence-electron chi connectivity index (χ1n) is 2.93. The third-order valence-corrected chi connectivity index (χ3v) is 1.11. The molecule has 1 heterocycles. The Hall–Kier alpha value is -1.32. The molecule has 54 valence electrons. The zero-order valence-corrected chi connectivity index (χ0v) is 5.63. The molecule has 0 aliphatic heterocycles. The first-order valence-corrected chi connectivity index (χ1v) is 2.93. The number of hydrogen-bond donors (Lipinski definition) is 1. The quantitative estimate of drug-likeness (QED) is 0.627. The second kappa shape index (κ2) is 3.00. The van der Waals surface area contributed by atoms with Crippen molar-refractivity contribution in [3.8, 4) is 0 Å². The molecule has 0 saturated carbocycles. The lowest BCUT2D eigenvalue weighted by molar-refractivity contribution is -0.120. The van der Waals surface area contributed by atoms with Gasteiger partial charge in [0.25, 0.3) is 0 Å². The largest absolute Gasteiger partial charge is 0.364 e. The van der Waals surface area contributed by atoms with Gasteiger partial charge in [-0.3, -0.25) is 4.79 Å². The van der Waals surface area contributed by atoms with Gasteiger partial charge in [0, 0.05) is 13.1 Å². The summed E-state index contributed by atoms with van der Waals surface area (Å²) < 4.78 is 4.53. The molecule has 0 bridgehead atoms. The van der Waals surface area contributed by atoms with Gasteiger partial charge in [0.2, 0.25) is 5.91 Å². The van der Waals surface area contributed by atoms with Gasteiger partial charge in [0.05, 0.1) is 12.1 Å². The maximum absolute atomic E-state index is 10.7. The SMILES string of the molecule is CNC(=O)Cc1ccon1. The highest BCUT2D eigenvalue weighted by Crippen LogP contribution is 1.94. The molecule has 0 radical (unpaired) electrons. The molecule has 0 atom stereocenters. The van der Waals surface area contributed by atoms with Crippen molar-refractivity contribution in [2.24, 2.45) is 0 Å². The van der Waals surface area contributed by atoms with E-state index >= 15 is 0 Å². The van der Waals surface area contributed by atoms with Crippen LogP contribution in [0.2, 0.25) is 0 Å². The van der Waals surface area contributed by atoms with Crippen LogP contribution >= 0.6 is 0 Å². The van der Waals surface area contributed by atoms with Gasteiger partial charge in [0.1, 0.15) is 6.26 Å². The molecular weight excluding hydrogens is 132 g/mol. The van der Waals surface area contributed by atoms with Gasteiger partial charge in [-0.2, -0.15) is 0 Å². The fraction of sp³-hybridized carbons (Fsp3) is 0.333. The van der Waals surface area contributed by atoms with Crippen molar-refractivity contribution in [2.75, 3.05) is 7.05 Å². The van der Waals surface area contributed by atoms with Crippen molar-refractivity contribution in [1.29, 1.82) is 0 Å². The van der Waals surface area contributed by atoms with Crippen LogP contribution in [0, 0.1) is 0 Å². The molecule has 0 saturated heterocycles. The summed E-state index contributed by atoms with van der Waals surface area (Å²) in [5.41, 5.74) is 0.652. The van der Waals surface area contributed by atoms with Crippen molar-refractivity contribution in [2.45, 2.75) is 6.42 Å². The van der Waals surface area contributed by atoms with Crippen LogP contribution in [0.25, 0.3) is 0 Å². The van der Waals surface area contributed by atoms with E-state index in [9.17, 15) is 4.79 Å². The highest BCUT2D eigenvalue weighted by molar-refractivity contribution is 5.77. The van der Waals surface area contributed by atoms with E-state index in [4.69, 9.17) is 0 Å². The molecule has 1 aromatic heterocycles. The summed E-state index contributed by atoms with van der Waals surface area (Å²) in [5, 5.41) is 6.05. The van der Waals surface area contributed by atoms with Crippen molar-refractivity contribution in [3.05, 3.63) is 18.0 Å². The molecule has 4 nitrogen and oxygen atoms in total. The second-order valence-corrected chi connectivity index (χ2v) is 1.84. The minimum atomic E-state index is -0.0612. The average Bonchev–Trinajstić information content (AvgIpc) is 2.40. The minimum Gasteiger partial charge on any atom is -0.364 e. The standard InChI is InChI=1S/C6H8N2O2/c1-7-6(9)4-5-2-3-10-8-5/h2-3H,4H2,1H3,(H,7,9). The van der Waals surface area contributed by atoms with Crippen LogP contribution in [-0.4, -0.2) is 18.1 Å². The summed E-state index contributed by atoms with van der Waals surface area (Å²) in [6.45, 7) is 0. The third-order valence-electron chi connectivity index (χ3n) is 1.11. The third kappa shape index (κ3) is 1.58. The van der Waals surface area contributed by atoms with Crippen LogP contribution in [0.1, 0.15) is 5.69 Å². The number of rotatable bonds is 2. The zero-order valence-electron chi connectivity index (χ0n) is 5.63. The van der Waals surface area contributed by atoms with Crippen LogP contribution in [0.3, 0.4) is 0 Å². The van der Waals surface area contributed by atoms with Gasteiger partial charge in [-0.15, -0.1) is 0 Å². The van der Waals surface area contributed by atoms with Gasteiger partial charge in [-0.25, -0.2) is 0 Å². The number of nitrogens with one attached hydrogen (secondary N) is 1. The van der Waals surface area contributed by atoms with Gasteiger partial charge in [-0.1, -0.05) is 5.16 Å². The monoisotopic (exact) mass is 140 g/mol. The average molecular weight is 140 g/mol. The number of amides is 1. The molecule has 0 aromatic carbocycles. The highest BCUT2D eigenvalue weighted by Gasteiger charge is 2.01. The predicted molar refractivity (Wildman–Crippen MR) is 34.3 cm³/mol. The lowest BCUT2D eigenvalue weighted by atomic mass is 10.3. The maximum Gasteiger partial charge on any atom is 0.225 e. The molecule has 1 aromatic rings. The van der Waals surface area contributed by atoms with E-state index < -0.39 is 0 Å². The topological polar surface area (TPSA) is 55.1 Å². The van der Waals surface area contributed by atoms with E-state index in [0.717, 1.165) is 0 Å². The summed E-state index contributed by atoms with van der Waals surface area (Å²) in [6, 6.07) is 1.66. The van der Waals surface area contributed by atoms with E-state index in [1.807, 2.05) is 0 Å². The van der Waals surface area contributed by atoms with E-state index in [1.54, 1.807) is 13.1 Å². The molecule has 4 heteroatoms. The number of likely N-dealkylation sites (N-methyl/N-ethyl adjacent to an activating group) is 1. The Bertz CT molecular complexity index is 206. The van der Waals surface area contributed by atoms with Crippen LogP contribution in [-0.2, 0) is 11.2 Å². The molecule has 0 spiro atoms. The van der Waals surface area contributed by atoms with E-state index in [1.165, 1.54) is 6.26 Å². The summed E-state index contributed by atoms with van der Waals surface area (Å²) in [6.07, 6.45) is 1.73. The van der Waals surface area contributed by atoms with Gasteiger partial charge >= 0.3 is 0 Å². The van der Waals surface area contributed by atoms with Crippen LogP contribution in [0.15, 0.2) is 16.9 Å². The molecule has 1 N–H and O–H groups in total. The van der Waals surface area contributed by atoms with Crippen LogP contribution < -0.4 is 5.32 Å². The fourth-order valence-corrected chi connectivity index (χ4v) is 0.582. The summed E-state index contributed by atoms with van der Waals surface area (Å²) in [4.78, 5) is 10.7. The maximum atomic E-state index is 10.7. The van der Waals surface area contributed by atoms with Gasteiger partial charge < -0.3 is 9.84 Å². The van der Waals surface area contributed by atoms with Crippen molar-refractivity contribution in [1.82, 2.24) is 10.5 Å². The first kappa shape index (κ1) is 6.80. The van der Waals surface area contributed by atoms with Crippen molar-refractivity contribution in [3.63, 3.8) is 0 Å². The molecule has 0 fully saturated rings. The molecule has 10 heavy (non-hydrogen) atoms. The first-order chi connectivity index (χ1) is 4.83. The number of carbonyl (C=O) groups excluding carboxylic acids is 1. The minimum absolute atomic E-state index is 0.0612. The molecule has 1 rings (SSSR count). The molecule has 1 amide bonds. The molecule has 0 aliphatic rings. The summed E-state index contributed by atoms with van der Waals surface area (Å²) in [7, 11) is 1.59. The lowest BCUT2D eigenvalue weighted by Gasteiger charge is -1.92. The Morgan fingerprint density at radius 3 is 3.20 bits per heavy atom. The predicted octanol–water partition coefficient (Wildman–Crippen LogP) is -0.0369. The summed E-state index contributed by atoms with van der Waals surface area (Å²) >= 11 is 0. The van der Waals surface area contributed by atoms with Gasteiger partial charge in [0.15, 0.2) is 0 Å². The van der Waals surface area contributed by atoms with Crippen molar-refractivity contribution < 1.29 is 9.32 Å². The summed E-state index contributed by atoms with van der Waals surface area (Å²) in [5.74, 6) is -0.0612. The van der Waals surface area contributed by atoms with E-state index in [2.05, 4.69) is 15.0 Å². The number of nitrogens with zero attached hydrogens (tertiary/aromatic N) is 1. The Morgan fingerprint density at radius 1 is 1.90 bits per heavy atom. The van der Waals surface area contributed by atoms with Gasteiger partial charge in [-0.05, 0) is 0 Å². The highest BCUT2D eigenvalue weighted by atomic mass is 16.5. The Kier molecular flexibility index (Phi) is 2.04. The Morgan fingerprint density at radius 2 is 2.70 bits per heavy atom. The molecule has 0 unspecified atom stereocenters. The number of carbonyl (C=O) groups is 1. The number of aromatic nitrogens is 1.